The van der Waals surface area contributed by atoms with Gasteiger partial charge in [-0.15, -0.1) is 0 Å². The Bertz CT molecular complexity index is 1180. The van der Waals surface area contributed by atoms with Crippen LogP contribution in [0.4, 0.5) is 5.69 Å². The molecule has 7 heteroatoms. The van der Waals surface area contributed by atoms with Gasteiger partial charge in [0.25, 0.3) is 10.0 Å². The monoisotopic (exact) mass is 437 g/mol. The topological polar surface area (TPSA) is 72.9 Å². The first kappa shape index (κ1) is 20.9. The van der Waals surface area contributed by atoms with Crippen molar-refractivity contribution in [1.82, 2.24) is 0 Å². The molecule has 0 saturated carbocycles. The molecule has 1 aliphatic rings. The number of anilines is 1. The Morgan fingerprint density at radius 1 is 0.968 bits per heavy atom. The van der Waals surface area contributed by atoms with Crippen molar-refractivity contribution >= 4 is 21.7 Å². The Morgan fingerprint density at radius 2 is 1.71 bits per heavy atom. The zero-order valence-electron chi connectivity index (χ0n) is 17.1. The van der Waals surface area contributed by atoms with Crippen molar-refractivity contribution in [2.45, 2.75) is 24.3 Å². The molecule has 4 rings (SSSR count). The second kappa shape index (κ2) is 8.81. The van der Waals surface area contributed by atoms with E-state index >= 15 is 0 Å². The summed E-state index contributed by atoms with van der Waals surface area (Å²) >= 11 is 0. The molecule has 0 radical (unpaired) electrons. The molecule has 0 aliphatic carbocycles. The standard InChI is InChI=1S/C24H23NO5S/c1-18-16-19-8-5-6-13-23(19)25(18)31(27,28)22-12-7-9-20(17-22)24(26)30-15-14-29-21-10-3-2-4-11-21/h2-13,17-18H,14-16H2,1H3/t18-/m1/s1. The van der Waals surface area contributed by atoms with E-state index in [-0.39, 0.29) is 29.7 Å². The third kappa shape index (κ3) is 4.41. The maximum atomic E-state index is 13.4. The summed E-state index contributed by atoms with van der Waals surface area (Å²) in [6.45, 7) is 2.14. The molecule has 1 heterocycles. The number of carbonyl (C=O) groups is 1. The molecule has 0 bridgehead atoms. The Morgan fingerprint density at radius 3 is 2.52 bits per heavy atom. The second-order valence-corrected chi connectivity index (χ2v) is 9.12. The van der Waals surface area contributed by atoms with E-state index in [2.05, 4.69) is 0 Å². The zero-order chi connectivity index (χ0) is 21.8. The lowest BCUT2D eigenvalue weighted by Gasteiger charge is -2.24. The molecule has 0 aromatic heterocycles. The van der Waals surface area contributed by atoms with E-state index in [1.807, 2.05) is 55.5 Å². The molecule has 6 nitrogen and oxygen atoms in total. The van der Waals surface area contributed by atoms with E-state index in [1.165, 1.54) is 16.4 Å². The minimum Gasteiger partial charge on any atom is -0.490 e. The highest BCUT2D eigenvalue weighted by Crippen LogP contribution is 2.36. The largest absolute Gasteiger partial charge is 0.490 e. The molecule has 0 fully saturated rings. The minimum absolute atomic E-state index is 0.0568. The van der Waals surface area contributed by atoms with Gasteiger partial charge in [0.15, 0.2) is 0 Å². The minimum atomic E-state index is -3.82. The molecule has 1 aliphatic heterocycles. The summed E-state index contributed by atoms with van der Waals surface area (Å²) in [5.41, 5.74) is 1.86. The molecule has 160 valence electrons. The van der Waals surface area contributed by atoms with Crippen molar-refractivity contribution in [3.05, 3.63) is 90.0 Å². The second-order valence-electron chi connectivity index (χ2n) is 7.31. The first-order chi connectivity index (χ1) is 15.0. The quantitative estimate of drug-likeness (QED) is 0.412. The number of ether oxygens (including phenoxy) is 2. The number of benzene rings is 3. The molecule has 3 aromatic carbocycles. The number of nitrogens with zero attached hydrogens (tertiary/aromatic N) is 1. The molecule has 3 aromatic rings. The van der Waals surface area contributed by atoms with Gasteiger partial charge in [-0.25, -0.2) is 13.2 Å². The van der Waals surface area contributed by atoms with Crippen molar-refractivity contribution in [3.63, 3.8) is 0 Å². The van der Waals surface area contributed by atoms with Gasteiger partial charge in [0.05, 0.1) is 16.1 Å². The summed E-state index contributed by atoms with van der Waals surface area (Å²) in [5.74, 6) is 0.0928. The van der Waals surface area contributed by atoms with Gasteiger partial charge in [-0.05, 0) is 55.3 Å². The van der Waals surface area contributed by atoms with Gasteiger partial charge >= 0.3 is 5.97 Å². The van der Waals surface area contributed by atoms with E-state index in [1.54, 1.807) is 18.2 Å². The average molecular weight is 438 g/mol. The van der Waals surface area contributed by atoms with Crippen LogP contribution in [0.3, 0.4) is 0 Å². The van der Waals surface area contributed by atoms with Crippen LogP contribution in [0.2, 0.25) is 0 Å². The number of esters is 1. The predicted molar refractivity (Wildman–Crippen MR) is 118 cm³/mol. The molecule has 0 amide bonds. The fourth-order valence-corrected chi connectivity index (χ4v) is 5.43. The van der Waals surface area contributed by atoms with Crippen LogP contribution in [0.25, 0.3) is 0 Å². The summed E-state index contributed by atoms with van der Waals surface area (Å²) in [4.78, 5) is 12.5. The van der Waals surface area contributed by atoms with Crippen molar-refractivity contribution in [3.8, 4) is 5.75 Å². The smallest absolute Gasteiger partial charge is 0.338 e. The normalized spacial score (nSPS) is 15.4. The van der Waals surface area contributed by atoms with Gasteiger partial charge < -0.3 is 9.47 Å². The van der Waals surface area contributed by atoms with Gasteiger partial charge in [-0.2, -0.15) is 0 Å². The SMILES string of the molecule is C[C@@H]1Cc2ccccc2N1S(=O)(=O)c1cccc(C(=O)OCCOc2ccccc2)c1. The van der Waals surface area contributed by atoms with E-state index in [9.17, 15) is 13.2 Å². The van der Waals surface area contributed by atoms with Crippen LogP contribution in [-0.4, -0.2) is 33.6 Å². The number of para-hydroxylation sites is 2. The fraction of sp³-hybridized carbons (Fsp3) is 0.208. The van der Waals surface area contributed by atoms with Crippen molar-refractivity contribution in [1.29, 1.82) is 0 Å². The van der Waals surface area contributed by atoms with E-state index in [4.69, 9.17) is 9.47 Å². The highest BCUT2D eigenvalue weighted by atomic mass is 32.2. The number of carbonyl (C=O) groups excluding carboxylic acids is 1. The number of hydrogen-bond donors (Lipinski definition) is 0. The molecular weight excluding hydrogens is 414 g/mol. The van der Waals surface area contributed by atoms with Gasteiger partial charge in [-0.1, -0.05) is 42.5 Å². The third-order valence-corrected chi connectivity index (χ3v) is 7.02. The molecular formula is C24H23NO5S. The fourth-order valence-electron chi connectivity index (χ4n) is 3.69. The average Bonchev–Trinajstić information content (AvgIpc) is 3.13. The van der Waals surface area contributed by atoms with Gasteiger partial charge in [0.1, 0.15) is 19.0 Å². The number of fused-ring (bicyclic) bond motifs is 1. The molecule has 0 spiro atoms. The van der Waals surface area contributed by atoms with Crippen LogP contribution in [-0.2, 0) is 21.2 Å². The number of sulfonamides is 1. The van der Waals surface area contributed by atoms with E-state index < -0.39 is 16.0 Å². The Hall–Kier alpha value is -3.32. The van der Waals surface area contributed by atoms with Crippen LogP contribution < -0.4 is 9.04 Å². The Labute approximate surface area is 182 Å². The first-order valence-electron chi connectivity index (χ1n) is 10.0. The van der Waals surface area contributed by atoms with E-state index in [0.717, 1.165) is 5.56 Å². The van der Waals surface area contributed by atoms with Crippen LogP contribution in [0, 0.1) is 0 Å². The first-order valence-corrected chi connectivity index (χ1v) is 11.5. The summed E-state index contributed by atoms with van der Waals surface area (Å²) in [6.07, 6.45) is 0.651. The number of hydrogen-bond acceptors (Lipinski definition) is 5. The third-order valence-electron chi connectivity index (χ3n) is 5.10. The van der Waals surface area contributed by atoms with Gasteiger partial charge in [0.2, 0.25) is 0 Å². The van der Waals surface area contributed by atoms with Crippen molar-refractivity contribution in [2.24, 2.45) is 0 Å². The molecule has 0 saturated heterocycles. The summed E-state index contributed by atoms with van der Waals surface area (Å²) in [5, 5.41) is 0. The lowest BCUT2D eigenvalue weighted by Crippen LogP contribution is -2.35. The Kier molecular flexibility index (Phi) is 5.95. The van der Waals surface area contributed by atoms with Gasteiger partial charge in [-0.3, -0.25) is 4.31 Å². The van der Waals surface area contributed by atoms with Gasteiger partial charge in [0, 0.05) is 6.04 Å². The zero-order valence-corrected chi connectivity index (χ0v) is 17.9. The highest BCUT2D eigenvalue weighted by Gasteiger charge is 2.36. The molecule has 1 atom stereocenters. The summed E-state index contributed by atoms with van der Waals surface area (Å²) in [7, 11) is -3.82. The molecule has 31 heavy (non-hydrogen) atoms. The predicted octanol–water partition coefficient (Wildman–Crippen LogP) is 4.06. The van der Waals surface area contributed by atoms with Crippen LogP contribution in [0.5, 0.6) is 5.75 Å². The molecule has 0 N–H and O–H groups in total. The summed E-state index contributed by atoms with van der Waals surface area (Å²) in [6, 6.07) is 22.4. The lowest BCUT2D eigenvalue weighted by molar-refractivity contribution is 0.0450. The highest BCUT2D eigenvalue weighted by molar-refractivity contribution is 7.92. The van der Waals surface area contributed by atoms with Crippen LogP contribution >= 0.6 is 0 Å². The van der Waals surface area contributed by atoms with Crippen molar-refractivity contribution in [2.75, 3.05) is 17.5 Å². The number of rotatable bonds is 7. The van der Waals surface area contributed by atoms with Crippen LogP contribution in [0.15, 0.2) is 83.8 Å². The maximum absolute atomic E-state index is 13.4. The molecule has 0 unspecified atom stereocenters. The van der Waals surface area contributed by atoms with E-state index in [0.29, 0.717) is 17.9 Å². The maximum Gasteiger partial charge on any atom is 0.338 e. The van der Waals surface area contributed by atoms with Crippen LogP contribution in [0.1, 0.15) is 22.8 Å². The Balaban J connectivity index is 1.46. The van der Waals surface area contributed by atoms with Crippen molar-refractivity contribution < 1.29 is 22.7 Å². The summed E-state index contributed by atoms with van der Waals surface area (Å²) < 4.78 is 38.9. The lowest BCUT2D eigenvalue weighted by atomic mass is 10.1.